The summed E-state index contributed by atoms with van der Waals surface area (Å²) in [7, 11) is 0. The topological polar surface area (TPSA) is 33.0 Å². The number of carbonyl (C=O) groups is 1. The van der Waals surface area contributed by atoms with Crippen LogP contribution in [0.1, 0.15) is 31.9 Å². The second-order valence-electron chi connectivity index (χ2n) is 4.41. The van der Waals surface area contributed by atoms with E-state index in [1.165, 1.54) is 0 Å². The molecule has 3 nitrogen and oxygen atoms in total. The van der Waals surface area contributed by atoms with Gasteiger partial charge in [0.05, 0.1) is 0 Å². The number of alkyl halides is 3. The second-order valence-corrected chi connectivity index (χ2v) is 4.41. The summed E-state index contributed by atoms with van der Waals surface area (Å²) in [6.45, 7) is 2.32. The van der Waals surface area contributed by atoms with Crippen LogP contribution in [0.15, 0.2) is 24.5 Å². The lowest BCUT2D eigenvalue weighted by Gasteiger charge is -2.10. The number of aromatic nitrogens is 1. The first-order valence-corrected chi connectivity index (χ1v) is 6.17. The third-order valence-corrected chi connectivity index (χ3v) is 2.75. The molecule has 1 amide bonds. The summed E-state index contributed by atoms with van der Waals surface area (Å²) in [6, 6.07) is 3.08. The molecule has 0 saturated carbocycles. The van der Waals surface area contributed by atoms with Crippen molar-refractivity contribution >= 4 is 5.91 Å². The summed E-state index contributed by atoms with van der Waals surface area (Å²) in [4.78, 5) is 11.6. The Morgan fingerprint density at radius 1 is 1.37 bits per heavy atom. The molecule has 0 aliphatic heterocycles. The molecule has 0 radical (unpaired) electrons. The van der Waals surface area contributed by atoms with E-state index in [0.29, 0.717) is 0 Å². The maximum absolute atomic E-state index is 12.0. The van der Waals surface area contributed by atoms with E-state index in [4.69, 9.17) is 0 Å². The van der Waals surface area contributed by atoms with E-state index in [0.717, 1.165) is 18.4 Å². The molecule has 0 aliphatic carbocycles. The Hall–Kier alpha value is -1.59. The fraction of sp³-hybridized carbons (Fsp3) is 0.538. The standard InChI is InChI=1S/C13H17F3N2O/c1-3-4-11-5-7-18(8-6-11)10(2)12(19)17-9-13(14,15)16/h5-8,10H,3-4,9H2,1-2H3/p+1/t10-/m0/s1. The van der Waals surface area contributed by atoms with E-state index in [1.54, 1.807) is 23.9 Å². The van der Waals surface area contributed by atoms with Gasteiger partial charge in [0.15, 0.2) is 12.4 Å². The monoisotopic (exact) mass is 275 g/mol. The Labute approximate surface area is 110 Å². The number of amides is 1. The van der Waals surface area contributed by atoms with Crippen LogP contribution in [0.2, 0.25) is 0 Å². The molecule has 1 rings (SSSR count). The van der Waals surface area contributed by atoms with E-state index in [1.807, 2.05) is 17.4 Å². The van der Waals surface area contributed by atoms with Gasteiger partial charge < -0.3 is 5.32 Å². The number of nitrogens with zero attached hydrogens (tertiary/aromatic N) is 1. The van der Waals surface area contributed by atoms with Gasteiger partial charge in [-0.25, -0.2) is 0 Å². The molecule has 0 fully saturated rings. The van der Waals surface area contributed by atoms with Crippen molar-refractivity contribution in [2.45, 2.75) is 38.9 Å². The molecule has 0 bridgehead atoms. The molecule has 0 saturated heterocycles. The third kappa shape index (κ3) is 5.28. The minimum absolute atomic E-state index is 0.648. The van der Waals surface area contributed by atoms with Crippen LogP contribution in [0.25, 0.3) is 0 Å². The maximum Gasteiger partial charge on any atom is 0.405 e. The van der Waals surface area contributed by atoms with Gasteiger partial charge in [-0.15, -0.1) is 0 Å². The molecule has 106 valence electrons. The van der Waals surface area contributed by atoms with E-state index in [2.05, 4.69) is 6.92 Å². The lowest BCUT2D eigenvalue weighted by molar-refractivity contribution is -0.706. The van der Waals surface area contributed by atoms with Gasteiger partial charge in [0, 0.05) is 19.1 Å². The molecule has 0 spiro atoms. The van der Waals surface area contributed by atoms with Gasteiger partial charge in [-0.05, 0) is 12.0 Å². The number of carbonyl (C=O) groups excluding carboxylic acids is 1. The Kier molecular flexibility index (Phi) is 5.32. The largest absolute Gasteiger partial charge is 0.405 e. The van der Waals surface area contributed by atoms with Crippen LogP contribution >= 0.6 is 0 Å². The summed E-state index contributed by atoms with van der Waals surface area (Å²) < 4.78 is 37.6. The van der Waals surface area contributed by atoms with Crippen molar-refractivity contribution < 1.29 is 22.5 Å². The van der Waals surface area contributed by atoms with Crippen LogP contribution in [0.4, 0.5) is 13.2 Å². The highest BCUT2D eigenvalue weighted by atomic mass is 19.4. The first-order valence-electron chi connectivity index (χ1n) is 6.17. The highest BCUT2D eigenvalue weighted by Gasteiger charge is 2.30. The van der Waals surface area contributed by atoms with Crippen molar-refractivity contribution in [3.05, 3.63) is 30.1 Å². The van der Waals surface area contributed by atoms with Crippen LogP contribution in [0.5, 0.6) is 0 Å². The molecule has 1 atom stereocenters. The molecule has 1 N–H and O–H groups in total. The van der Waals surface area contributed by atoms with Gasteiger partial charge in [0.1, 0.15) is 6.54 Å². The zero-order valence-corrected chi connectivity index (χ0v) is 11.0. The van der Waals surface area contributed by atoms with E-state index >= 15 is 0 Å². The average Bonchev–Trinajstić information content (AvgIpc) is 2.35. The molecule has 1 aromatic heterocycles. The fourth-order valence-electron chi connectivity index (χ4n) is 1.65. The quantitative estimate of drug-likeness (QED) is 0.821. The van der Waals surface area contributed by atoms with Gasteiger partial charge in [-0.1, -0.05) is 13.3 Å². The zero-order valence-electron chi connectivity index (χ0n) is 11.0. The van der Waals surface area contributed by atoms with Gasteiger partial charge >= 0.3 is 6.18 Å². The smallest absolute Gasteiger partial charge is 0.341 e. The third-order valence-electron chi connectivity index (χ3n) is 2.75. The molecule has 0 unspecified atom stereocenters. The van der Waals surface area contributed by atoms with Gasteiger partial charge in [0.25, 0.3) is 5.91 Å². The Morgan fingerprint density at radius 3 is 2.42 bits per heavy atom. The highest BCUT2D eigenvalue weighted by Crippen LogP contribution is 2.12. The number of aryl methyl sites for hydroxylation is 1. The summed E-state index contributed by atoms with van der Waals surface area (Å²) >= 11 is 0. The van der Waals surface area contributed by atoms with Crippen molar-refractivity contribution in [1.29, 1.82) is 0 Å². The molecule has 6 heteroatoms. The van der Waals surface area contributed by atoms with E-state index < -0.39 is 24.7 Å². The number of pyridine rings is 1. The molecular formula is C13H18F3N2O+. The number of hydrogen-bond donors (Lipinski definition) is 1. The minimum Gasteiger partial charge on any atom is -0.341 e. The molecule has 1 heterocycles. The highest BCUT2D eigenvalue weighted by molar-refractivity contribution is 5.78. The second kappa shape index (κ2) is 6.54. The van der Waals surface area contributed by atoms with Crippen molar-refractivity contribution in [3.63, 3.8) is 0 Å². The minimum atomic E-state index is -4.38. The van der Waals surface area contributed by atoms with E-state index in [9.17, 15) is 18.0 Å². The molecular weight excluding hydrogens is 257 g/mol. The summed E-state index contributed by atoms with van der Waals surface area (Å²) in [5.74, 6) is -0.648. The zero-order chi connectivity index (χ0) is 14.5. The Morgan fingerprint density at radius 2 is 1.95 bits per heavy atom. The molecule has 0 aliphatic rings. The maximum atomic E-state index is 12.0. The molecule has 1 aromatic rings. The van der Waals surface area contributed by atoms with E-state index in [-0.39, 0.29) is 0 Å². The van der Waals surface area contributed by atoms with Gasteiger partial charge in [-0.3, -0.25) is 4.79 Å². The van der Waals surface area contributed by atoms with Crippen LogP contribution in [0.3, 0.4) is 0 Å². The lowest BCUT2D eigenvalue weighted by atomic mass is 10.1. The SMILES string of the molecule is CCCc1cc[n+]([C@@H](C)C(=O)NCC(F)(F)F)cc1. The lowest BCUT2D eigenvalue weighted by Crippen LogP contribution is -2.48. The number of hydrogen-bond acceptors (Lipinski definition) is 1. The predicted molar refractivity (Wildman–Crippen MR) is 64.4 cm³/mol. The fourth-order valence-corrected chi connectivity index (χ4v) is 1.65. The summed E-state index contributed by atoms with van der Waals surface area (Å²) in [5, 5.41) is 1.88. The van der Waals surface area contributed by atoms with Crippen molar-refractivity contribution in [2.75, 3.05) is 6.54 Å². The van der Waals surface area contributed by atoms with Crippen molar-refractivity contribution in [2.24, 2.45) is 0 Å². The van der Waals surface area contributed by atoms with Crippen LogP contribution in [-0.4, -0.2) is 18.6 Å². The normalized spacial score (nSPS) is 13.1. The van der Waals surface area contributed by atoms with Crippen molar-refractivity contribution in [3.8, 4) is 0 Å². The van der Waals surface area contributed by atoms with Gasteiger partial charge in [0.2, 0.25) is 6.04 Å². The predicted octanol–water partition coefficient (Wildman–Crippen LogP) is 2.17. The number of halogens is 3. The first kappa shape index (κ1) is 15.5. The van der Waals surface area contributed by atoms with Gasteiger partial charge in [-0.2, -0.15) is 17.7 Å². The number of rotatable bonds is 5. The molecule has 0 aromatic carbocycles. The molecule has 19 heavy (non-hydrogen) atoms. The van der Waals surface area contributed by atoms with Crippen LogP contribution < -0.4 is 9.88 Å². The summed E-state index contributed by atoms with van der Waals surface area (Å²) in [5.41, 5.74) is 1.14. The van der Waals surface area contributed by atoms with Crippen molar-refractivity contribution in [1.82, 2.24) is 5.32 Å². The Bertz CT molecular complexity index is 415. The number of nitrogens with one attached hydrogen (secondary N) is 1. The van der Waals surface area contributed by atoms with Crippen LogP contribution in [0, 0.1) is 0 Å². The average molecular weight is 275 g/mol. The summed E-state index contributed by atoms with van der Waals surface area (Å²) in [6.07, 6.45) is 0.998. The van der Waals surface area contributed by atoms with Crippen LogP contribution in [-0.2, 0) is 11.2 Å². The Balaban J connectivity index is 2.61. The first-order chi connectivity index (χ1) is 8.83.